The van der Waals surface area contributed by atoms with Gasteiger partial charge in [0, 0.05) is 23.3 Å². The Morgan fingerprint density at radius 2 is 1.69 bits per heavy atom. The molecule has 2 atom stereocenters. The van der Waals surface area contributed by atoms with Crippen LogP contribution in [0.15, 0.2) is 48.5 Å². The third-order valence-electron chi connectivity index (χ3n) is 4.06. The Morgan fingerprint density at radius 3 is 2.28 bits per heavy atom. The molecule has 1 amide bonds. The minimum atomic E-state index is -1.06. The molecule has 0 aliphatic heterocycles. The number of carbonyl (C=O) groups excluding carboxylic acids is 3. The number of rotatable bonds is 8. The zero-order valence-corrected chi connectivity index (χ0v) is 16.1. The number of carbonyl (C=O) groups is 3. The van der Waals surface area contributed by atoms with E-state index in [0.717, 1.165) is 6.07 Å². The van der Waals surface area contributed by atoms with Gasteiger partial charge in [-0.3, -0.25) is 19.7 Å². The van der Waals surface area contributed by atoms with Crippen LogP contribution in [0.3, 0.4) is 0 Å². The van der Waals surface area contributed by atoms with Crippen LogP contribution in [-0.4, -0.2) is 41.8 Å². The van der Waals surface area contributed by atoms with Gasteiger partial charge in [0.15, 0.2) is 6.10 Å². The molecule has 0 aromatic heterocycles. The minimum absolute atomic E-state index is 0.0289. The number of ether oxygens (including phenoxy) is 2. The lowest BCUT2D eigenvalue weighted by Crippen LogP contribution is -2.41. The molecule has 0 aliphatic rings. The molecule has 2 aromatic rings. The molecule has 9 heteroatoms. The van der Waals surface area contributed by atoms with Crippen molar-refractivity contribution in [2.45, 2.75) is 26.0 Å². The minimum Gasteiger partial charge on any atom is -0.497 e. The van der Waals surface area contributed by atoms with Crippen molar-refractivity contribution in [2.24, 2.45) is 0 Å². The topological polar surface area (TPSA) is 125 Å². The van der Waals surface area contributed by atoms with Gasteiger partial charge in [-0.1, -0.05) is 6.07 Å². The highest BCUT2D eigenvalue weighted by Crippen LogP contribution is 2.15. The molecule has 0 aliphatic carbocycles. The van der Waals surface area contributed by atoms with E-state index in [0.29, 0.717) is 11.3 Å². The number of ketones is 1. The van der Waals surface area contributed by atoms with E-state index in [1.54, 1.807) is 24.3 Å². The average molecular weight is 400 g/mol. The van der Waals surface area contributed by atoms with Crippen molar-refractivity contribution >= 4 is 23.3 Å². The Morgan fingerprint density at radius 1 is 1.03 bits per heavy atom. The largest absolute Gasteiger partial charge is 0.497 e. The molecule has 0 spiro atoms. The van der Waals surface area contributed by atoms with Gasteiger partial charge in [-0.25, -0.2) is 4.79 Å². The van der Waals surface area contributed by atoms with Crippen LogP contribution >= 0.6 is 0 Å². The maximum atomic E-state index is 12.4. The molecule has 0 fully saturated rings. The van der Waals surface area contributed by atoms with Gasteiger partial charge >= 0.3 is 5.97 Å². The Bertz CT molecular complexity index is 925. The maximum Gasteiger partial charge on any atom is 0.329 e. The smallest absolute Gasteiger partial charge is 0.329 e. The standard InChI is InChI=1S/C20H20N2O7/c1-12(21-19(24)15-5-4-6-16(11-15)22(26)27)20(25)29-13(2)18(23)14-7-9-17(28-3)10-8-14/h4-13H,1-3H3,(H,21,24)/t12-,13+/m0/s1. The molecular weight excluding hydrogens is 380 g/mol. The number of nitro benzene ring substituents is 1. The van der Waals surface area contributed by atoms with Crippen molar-refractivity contribution in [3.63, 3.8) is 0 Å². The van der Waals surface area contributed by atoms with E-state index in [1.165, 1.54) is 39.2 Å². The van der Waals surface area contributed by atoms with E-state index in [1.807, 2.05) is 0 Å². The number of nitrogens with zero attached hydrogens (tertiary/aromatic N) is 1. The van der Waals surface area contributed by atoms with Crippen LogP contribution in [0, 0.1) is 10.1 Å². The number of methoxy groups -OCH3 is 1. The van der Waals surface area contributed by atoms with Crippen LogP contribution in [-0.2, 0) is 9.53 Å². The van der Waals surface area contributed by atoms with Crippen LogP contribution in [0.2, 0.25) is 0 Å². The number of Topliss-reactive ketones (excluding diaryl/α,β-unsaturated/α-hetero) is 1. The van der Waals surface area contributed by atoms with E-state index >= 15 is 0 Å². The number of nitrogens with one attached hydrogen (secondary N) is 1. The molecule has 0 saturated heterocycles. The Hall–Kier alpha value is -3.75. The molecule has 2 rings (SSSR count). The fourth-order valence-electron chi connectivity index (χ4n) is 2.42. The monoisotopic (exact) mass is 400 g/mol. The number of hydrogen-bond acceptors (Lipinski definition) is 7. The van der Waals surface area contributed by atoms with Crippen molar-refractivity contribution in [3.05, 3.63) is 69.8 Å². The highest BCUT2D eigenvalue weighted by atomic mass is 16.6. The molecular formula is C20H20N2O7. The van der Waals surface area contributed by atoms with Crippen LogP contribution in [0.1, 0.15) is 34.6 Å². The Labute approximate surface area is 166 Å². The Balaban J connectivity index is 1.96. The van der Waals surface area contributed by atoms with Gasteiger partial charge in [0.1, 0.15) is 11.8 Å². The summed E-state index contributed by atoms with van der Waals surface area (Å²) in [4.78, 5) is 47.0. The summed E-state index contributed by atoms with van der Waals surface area (Å²) in [5.41, 5.74) is 0.132. The predicted octanol–water partition coefficient (Wildman–Crippen LogP) is 2.54. The molecule has 152 valence electrons. The summed E-state index contributed by atoms with van der Waals surface area (Å²) in [5.74, 6) is -1.30. The number of benzene rings is 2. The number of hydrogen-bond donors (Lipinski definition) is 1. The van der Waals surface area contributed by atoms with E-state index < -0.39 is 34.7 Å². The second kappa shape index (κ2) is 9.45. The van der Waals surface area contributed by atoms with Gasteiger partial charge in [-0.15, -0.1) is 0 Å². The first kappa shape index (κ1) is 21.5. The average Bonchev–Trinajstić information content (AvgIpc) is 2.73. The number of non-ortho nitro benzene ring substituents is 1. The molecule has 1 N–H and O–H groups in total. The number of nitro groups is 1. The summed E-state index contributed by atoms with van der Waals surface area (Å²) >= 11 is 0. The fraction of sp³-hybridized carbons (Fsp3) is 0.250. The van der Waals surface area contributed by atoms with Gasteiger partial charge in [-0.05, 0) is 44.2 Å². The second-order valence-electron chi connectivity index (χ2n) is 6.17. The lowest BCUT2D eigenvalue weighted by molar-refractivity contribution is -0.384. The third-order valence-corrected chi connectivity index (χ3v) is 4.06. The van der Waals surface area contributed by atoms with Crippen LogP contribution in [0.25, 0.3) is 0 Å². The van der Waals surface area contributed by atoms with Crippen molar-refractivity contribution in [2.75, 3.05) is 7.11 Å². The molecule has 0 heterocycles. The predicted molar refractivity (Wildman–Crippen MR) is 103 cm³/mol. The van der Waals surface area contributed by atoms with Gasteiger partial charge in [-0.2, -0.15) is 0 Å². The van der Waals surface area contributed by atoms with Crippen molar-refractivity contribution in [3.8, 4) is 5.75 Å². The van der Waals surface area contributed by atoms with E-state index in [-0.39, 0.29) is 11.3 Å². The first-order valence-corrected chi connectivity index (χ1v) is 8.67. The van der Waals surface area contributed by atoms with Crippen LogP contribution in [0.5, 0.6) is 5.75 Å². The molecule has 0 saturated carbocycles. The van der Waals surface area contributed by atoms with Gasteiger partial charge in [0.2, 0.25) is 5.78 Å². The van der Waals surface area contributed by atoms with Gasteiger partial charge < -0.3 is 14.8 Å². The van der Waals surface area contributed by atoms with Crippen molar-refractivity contribution in [1.29, 1.82) is 0 Å². The second-order valence-corrected chi connectivity index (χ2v) is 6.17. The molecule has 0 bridgehead atoms. The maximum absolute atomic E-state index is 12.4. The lowest BCUT2D eigenvalue weighted by atomic mass is 10.1. The zero-order chi connectivity index (χ0) is 21.6. The van der Waals surface area contributed by atoms with E-state index in [4.69, 9.17) is 9.47 Å². The Kier molecular flexibility index (Phi) is 7.02. The highest BCUT2D eigenvalue weighted by Gasteiger charge is 2.24. The zero-order valence-electron chi connectivity index (χ0n) is 16.1. The molecule has 9 nitrogen and oxygen atoms in total. The van der Waals surface area contributed by atoms with Crippen molar-refractivity contribution < 1.29 is 28.8 Å². The quantitative estimate of drug-likeness (QED) is 0.312. The highest BCUT2D eigenvalue weighted by molar-refractivity contribution is 6.01. The van der Waals surface area contributed by atoms with E-state index in [2.05, 4.69) is 5.32 Å². The lowest BCUT2D eigenvalue weighted by Gasteiger charge is -2.17. The van der Waals surface area contributed by atoms with Crippen LogP contribution < -0.4 is 10.1 Å². The molecule has 0 radical (unpaired) electrons. The van der Waals surface area contributed by atoms with Gasteiger partial charge in [0.05, 0.1) is 12.0 Å². The fourth-order valence-corrected chi connectivity index (χ4v) is 2.42. The first-order chi connectivity index (χ1) is 13.7. The normalized spacial score (nSPS) is 12.4. The first-order valence-electron chi connectivity index (χ1n) is 8.67. The molecule has 0 unspecified atom stereocenters. The number of esters is 1. The third kappa shape index (κ3) is 5.61. The summed E-state index contributed by atoms with van der Waals surface area (Å²) in [6.45, 7) is 2.82. The van der Waals surface area contributed by atoms with Crippen LogP contribution in [0.4, 0.5) is 5.69 Å². The number of amides is 1. The summed E-state index contributed by atoms with van der Waals surface area (Å²) in [7, 11) is 1.50. The molecule has 2 aromatic carbocycles. The summed E-state index contributed by atoms with van der Waals surface area (Å²) < 4.78 is 10.2. The summed E-state index contributed by atoms with van der Waals surface area (Å²) in [5, 5.41) is 13.2. The SMILES string of the molecule is COc1ccc(C(=O)[C@@H](C)OC(=O)[C@H](C)NC(=O)c2cccc([N+](=O)[O-])c2)cc1. The van der Waals surface area contributed by atoms with E-state index in [9.17, 15) is 24.5 Å². The summed E-state index contributed by atoms with van der Waals surface area (Å²) in [6, 6.07) is 10.4. The summed E-state index contributed by atoms with van der Waals surface area (Å²) in [6.07, 6.45) is -1.06. The molecule has 29 heavy (non-hydrogen) atoms. The van der Waals surface area contributed by atoms with Gasteiger partial charge in [0.25, 0.3) is 11.6 Å². The van der Waals surface area contributed by atoms with Crippen molar-refractivity contribution in [1.82, 2.24) is 5.32 Å².